The summed E-state index contributed by atoms with van der Waals surface area (Å²) >= 11 is 8.92. The fourth-order valence-electron chi connectivity index (χ4n) is 1.82. The van der Waals surface area contributed by atoms with E-state index in [4.69, 9.17) is 16.7 Å². The molecule has 1 amide bonds. The molecule has 8 heteroatoms. The van der Waals surface area contributed by atoms with Crippen molar-refractivity contribution >= 4 is 57.1 Å². The van der Waals surface area contributed by atoms with E-state index in [2.05, 4.69) is 10.3 Å². The van der Waals surface area contributed by atoms with Crippen molar-refractivity contribution in [3.05, 3.63) is 28.8 Å². The van der Waals surface area contributed by atoms with Crippen LogP contribution in [0, 0.1) is 0 Å². The van der Waals surface area contributed by atoms with E-state index in [1.807, 2.05) is 6.92 Å². The molecule has 22 heavy (non-hydrogen) atoms. The minimum absolute atomic E-state index is 0.0316. The van der Waals surface area contributed by atoms with Gasteiger partial charge in [0, 0.05) is 11.4 Å². The van der Waals surface area contributed by atoms with Gasteiger partial charge in [0.25, 0.3) is 0 Å². The standard InChI is InChI=1S/C14H15ClN2O3S2/c1-2-11(22-14-16-5-6-21-14)12(18)17-8-3-4-10(15)9(7-8)13(19)20/h3-4,7,11H,2,5-6H2,1H3,(H,17,18)(H,19,20). The molecule has 1 aromatic rings. The molecular formula is C14H15ClN2O3S2. The van der Waals surface area contributed by atoms with Crippen LogP contribution in [0.3, 0.4) is 0 Å². The van der Waals surface area contributed by atoms with E-state index in [1.165, 1.54) is 23.9 Å². The van der Waals surface area contributed by atoms with Crippen LogP contribution in [0.25, 0.3) is 0 Å². The zero-order valence-electron chi connectivity index (χ0n) is 11.8. The van der Waals surface area contributed by atoms with E-state index in [1.54, 1.807) is 17.8 Å². The second kappa shape index (κ2) is 7.89. The van der Waals surface area contributed by atoms with Crippen LogP contribution in [-0.4, -0.2) is 38.9 Å². The molecule has 0 fully saturated rings. The number of anilines is 1. The topological polar surface area (TPSA) is 78.8 Å². The Labute approximate surface area is 141 Å². The summed E-state index contributed by atoms with van der Waals surface area (Å²) in [5, 5.41) is 11.7. The fourth-order valence-corrected chi connectivity index (χ4v) is 4.17. The number of thioether (sulfide) groups is 2. The van der Waals surface area contributed by atoms with Crippen LogP contribution >= 0.6 is 35.1 Å². The Balaban J connectivity index is 2.06. The Morgan fingerprint density at radius 2 is 2.32 bits per heavy atom. The third kappa shape index (κ3) is 4.41. The van der Waals surface area contributed by atoms with Crippen LogP contribution in [-0.2, 0) is 4.79 Å². The van der Waals surface area contributed by atoms with Gasteiger partial charge in [-0.1, -0.05) is 42.0 Å². The van der Waals surface area contributed by atoms with E-state index in [0.29, 0.717) is 12.1 Å². The Kier molecular flexibility index (Phi) is 6.16. The van der Waals surface area contributed by atoms with Gasteiger partial charge in [0.05, 0.1) is 22.4 Å². The summed E-state index contributed by atoms with van der Waals surface area (Å²) in [5.41, 5.74) is 0.391. The molecule has 0 spiro atoms. The monoisotopic (exact) mass is 358 g/mol. The predicted molar refractivity (Wildman–Crippen MR) is 93.5 cm³/mol. The summed E-state index contributed by atoms with van der Waals surface area (Å²) in [5.74, 6) is -0.333. The molecule has 0 bridgehead atoms. The van der Waals surface area contributed by atoms with Crippen molar-refractivity contribution in [2.75, 3.05) is 17.6 Å². The first-order valence-electron chi connectivity index (χ1n) is 6.69. The second-order valence-corrected chi connectivity index (χ2v) is 7.44. The number of halogens is 1. The summed E-state index contributed by atoms with van der Waals surface area (Å²) < 4.78 is 0.935. The van der Waals surface area contributed by atoms with Gasteiger partial charge in [-0.05, 0) is 24.6 Å². The van der Waals surface area contributed by atoms with Crippen molar-refractivity contribution in [1.29, 1.82) is 0 Å². The highest BCUT2D eigenvalue weighted by Gasteiger charge is 2.22. The van der Waals surface area contributed by atoms with Crippen LogP contribution in [0.4, 0.5) is 5.69 Å². The fraction of sp³-hybridized carbons (Fsp3) is 0.357. The number of carboxylic acid groups (broad SMARTS) is 1. The summed E-state index contributed by atoms with van der Waals surface area (Å²) in [6.45, 7) is 2.73. The molecular weight excluding hydrogens is 344 g/mol. The van der Waals surface area contributed by atoms with Gasteiger partial charge in [-0.25, -0.2) is 4.79 Å². The molecule has 1 unspecified atom stereocenters. The molecule has 118 valence electrons. The molecule has 1 heterocycles. The average Bonchev–Trinajstić information content (AvgIpc) is 2.99. The van der Waals surface area contributed by atoms with E-state index < -0.39 is 5.97 Å². The molecule has 0 aromatic heterocycles. The molecule has 1 aliphatic rings. The second-order valence-electron chi connectivity index (χ2n) is 4.50. The number of carboxylic acids is 1. The maximum absolute atomic E-state index is 12.3. The average molecular weight is 359 g/mol. The summed E-state index contributed by atoms with van der Waals surface area (Å²) in [6, 6.07) is 4.42. The van der Waals surface area contributed by atoms with Gasteiger partial charge < -0.3 is 10.4 Å². The predicted octanol–water partition coefficient (Wildman–Crippen LogP) is 3.59. The van der Waals surface area contributed by atoms with Crippen molar-refractivity contribution in [3.63, 3.8) is 0 Å². The van der Waals surface area contributed by atoms with Crippen LogP contribution in [0.15, 0.2) is 23.2 Å². The number of hydrogen-bond acceptors (Lipinski definition) is 5. The molecule has 0 saturated heterocycles. The van der Waals surface area contributed by atoms with Gasteiger partial charge in [0.15, 0.2) is 0 Å². The number of nitrogens with zero attached hydrogens (tertiary/aromatic N) is 1. The molecule has 2 rings (SSSR count). The minimum Gasteiger partial charge on any atom is -0.478 e. The van der Waals surface area contributed by atoms with Crippen molar-refractivity contribution in [2.24, 2.45) is 4.99 Å². The highest BCUT2D eigenvalue weighted by molar-refractivity contribution is 8.39. The van der Waals surface area contributed by atoms with Crippen molar-refractivity contribution in [1.82, 2.24) is 0 Å². The molecule has 1 aliphatic heterocycles. The van der Waals surface area contributed by atoms with Crippen molar-refractivity contribution < 1.29 is 14.7 Å². The van der Waals surface area contributed by atoms with Crippen LogP contribution in [0.5, 0.6) is 0 Å². The summed E-state index contributed by atoms with van der Waals surface area (Å²) in [6.07, 6.45) is 0.662. The number of aliphatic imine (C=N–C) groups is 1. The largest absolute Gasteiger partial charge is 0.478 e. The smallest absolute Gasteiger partial charge is 0.337 e. The van der Waals surface area contributed by atoms with Crippen LogP contribution < -0.4 is 5.32 Å². The zero-order valence-corrected chi connectivity index (χ0v) is 14.2. The molecule has 2 N–H and O–H groups in total. The van der Waals surface area contributed by atoms with E-state index in [9.17, 15) is 9.59 Å². The lowest BCUT2D eigenvalue weighted by atomic mass is 10.2. The third-order valence-electron chi connectivity index (χ3n) is 2.93. The molecule has 0 saturated carbocycles. The number of hydrogen-bond donors (Lipinski definition) is 2. The SMILES string of the molecule is CCC(SC1=NCCS1)C(=O)Nc1ccc(Cl)c(C(=O)O)c1. The first kappa shape index (κ1) is 17.2. The normalized spacial score (nSPS) is 15.3. The number of rotatable bonds is 5. The highest BCUT2D eigenvalue weighted by Crippen LogP contribution is 2.28. The number of aromatic carboxylic acids is 1. The Bertz CT molecular complexity index is 622. The minimum atomic E-state index is -1.13. The molecule has 1 atom stereocenters. The lowest BCUT2D eigenvalue weighted by Gasteiger charge is -2.14. The third-order valence-corrected chi connectivity index (χ3v) is 5.83. The van der Waals surface area contributed by atoms with Gasteiger partial charge in [0.2, 0.25) is 5.91 Å². The van der Waals surface area contributed by atoms with Crippen molar-refractivity contribution in [2.45, 2.75) is 18.6 Å². The summed E-state index contributed by atoms with van der Waals surface area (Å²) in [4.78, 5) is 27.7. The number of carbonyl (C=O) groups excluding carboxylic acids is 1. The Morgan fingerprint density at radius 1 is 1.55 bits per heavy atom. The summed E-state index contributed by atoms with van der Waals surface area (Å²) in [7, 11) is 0. The van der Waals surface area contributed by atoms with Crippen LogP contribution in [0.1, 0.15) is 23.7 Å². The number of benzene rings is 1. The maximum Gasteiger partial charge on any atom is 0.337 e. The van der Waals surface area contributed by atoms with E-state index in [-0.39, 0.29) is 21.7 Å². The lowest BCUT2D eigenvalue weighted by molar-refractivity contribution is -0.115. The Hall–Kier alpha value is -1.18. The van der Waals surface area contributed by atoms with Crippen molar-refractivity contribution in [3.8, 4) is 0 Å². The first-order chi connectivity index (χ1) is 10.5. The quantitative estimate of drug-likeness (QED) is 0.840. The first-order valence-corrected chi connectivity index (χ1v) is 8.93. The van der Waals surface area contributed by atoms with Gasteiger partial charge in [-0.15, -0.1) is 0 Å². The number of carbonyl (C=O) groups is 2. The molecule has 0 aliphatic carbocycles. The number of nitrogens with one attached hydrogen (secondary N) is 1. The maximum atomic E-state index is 12.3. The Morgan fingerprint density at radius 3 is 2.91 bits per heavy atom. The zero-order chi connectivity index (χ0) is 16.1. The molecule has 1 aromatic carbocycles. The molecule has 5 nitrogen and oxygen atoms in total. The van der Waals surface area contributed by atoms with E-state index >= 15 is 0 Å². The van der Waals surface area contributed by atoms with Gasteiger partial charge >= 0.3 is 5.97 Å². The molecule has 0 radical (unpaired) electrons. The van der Waals surface area contributed by atoms with Gasteiger partial charge in [-0.2, -0.15) is 0 Å². The number of amides is 1. The van der Waals surface area contributed by atoms with Gasteiger partial charge in [-0.3, -0.25) is 9.79 Å². The highest BCUT2D eigenvalue weighted by atomic mass is 35.5. The lowest BCUT2D eigenvalue weighted by Crippen LogP contribution is -2.25. The van der Waals surface area contributed by atoms with Gasteiger partial charge in [0.1, 0.15) is 4.38 Å². The van der Waals surface area contributed by atoms with Crippen LogP contribution in [0.2, 0.25) is 5.02 Å². The van der Waals surface area contributed by atoms with E-state index in [0.717, 1.165) is 16.7 Å².